The molecule has 0 unspecified atom stereocenters. The fraction of sp³-hybridized carbons (Fsp3) is 0.344. The molecule has 8 heteroatoms. The molecule has 0 aromatic heterocycles. The molecule has 0 radical (unpaired) electrons. The molecule has 0 aliphatic heterocycles. The van der Waals surface area contributed by atoms with Crippen molar-refractivity contribution in [3.05, 3.63) is 95.6 Å². The SMILES string of the molecule is C[C@H](OCc1ccccc1)[C@@H](NC(=O)OCC1c2ccccc2-c2ccccc21)C(=O)NCC1(C(=O)O)CCC1. The molecule has 8 nitrogen and oxygen atoms in total. The first-order valence-electron chi connectivity index (χ1n) is 13.7. The number of aliphatic carboxylic acids is 1. The van der Waals surface area contributed by atoms with Gasteiger partial charge in [-0.05, 0) is 47.6 Å². The van der Waals surface area contributed by atoms with Gasteiger partial charge in [0, 0.05) is 12.5 Å². The number of hydrogen-bond acceptors (Lipinski definition) is 5. The second-order valence-electron chi connectivity index (χ2n) is 10.6. The molecule has 0 spiro atoms. The Balaban J connectivity index is 1.25. The minimum Gasteiger partial charge on any atom is -0.481 e. The molecule has 2 aliphatic rings. The molecular formula is C32H34N2O6. The maximum Gasteiger partial charge on any atom is 0.407 e. The van der Waals surface area contributed by atoms with E-state index in [1.807, 2.05) is 66.7 Å². The summed E-state index contributed by atoms with van der Waals surface area (Å²) in [7, 11) is 0. The van der Waals surface area contributed by atoms with Gasteiger partial charge in [0.2, 0.25) is 5.91 Å². The Bertz CT molecular complexity index is 1330. The van der Waals surface area contributed by atoms with Crippen molar-refractivity contribution in [2.45, 2.75) is 50.9 Å². The van der Waals surface area contributed by atoms with Crippen LogP contribution in [0, 0.1) is 5.41 Å². The normalized spacial score (nSPS) is 16.5. The first-order valence-corrected chi connectivity index (χ1v) is 13.7. The van der Waals surface area contributed by atoms with E-state index in [2.05, 4.69) is 22.8 Å². The molecule has 208 valence electrons. The first kappa shape index (κ1) is 27.4. The van der Waals surface area contributed by atoms with Crippen molar-refractivity contribution in [3.63, 3.8) is 0 Å². The van der Waals surface area contributed by atoms with Crippen LogP contribution in [0.25, 0.3) is 11.1 Å². The highest BCUT2D eigenvalue weighted by molar-refractivity contribution is 5.87. The smallest absolute Gasteiger partial charge is 0.407 e. The van der Waals surface area contributed by atoms with Crippen molar-refractivity contribution in [2.75, 3.05) is 13.2 Å². The van der Waals surface area contributed by atoms with Crippen molar-refractivity contribution in [3.8, 4) is 11.1 Å². The number of nitrogens with one attached hydrogen (secondary N) is 2. The Morgan fingerprint density at radius 1 is 0.925 bits per heavy atom. The van der Waals surface area contributed by atoms with Gasteiger partial charge in [0.1, 0.15) is 12.6 Å². The molecule has 5 rings (SSSR count). The number of carboxylic acids is 1. The van der Waals surface area contributed by atoms with E-state index in [1.54, 1.807) is 6.92 Å². The summed E-state index contributed by atoms with van der Waals surface area (Å²) in [6.45, 7) is 2.05. The Kier molecular flexibility index (Phi) is 8.16. The number of carboxylic acid groups (broad SMARTS) is 1. The number of hydrogen-bond donors (Lipinski definition) is 3. The maximum atomic E-state index is 13.3. The van der Waals surface area contributed by atoms with Crippen LogP contribution < -0.4 is 10.6 Å². The molecular weight excluding hydrogens is 508 g/mol. The minimum atomic E-state index is -1.08. The van der Waals surface area contributed by atoms with Crippen LogP contribution in [0.4, 0.5) is 4.79 Å². The number of benzene rings is 3. The Morgan fingerprint density at radius 2 is 1.52 bits per heavy atom. The van der Waals surface area contributed by atoms with Crippen LogP contribution in [0.1, 0.15) is 48.8 Å². The van der Waals surface area contributed by atoms with Crippen molar-refractivity contribution in [1.82, 2.24) is 10.6 Å². The predicted molar refractivity (Wildman–Crippen MR) is 150 cm³/mol. The summed E-state index contributed by atoms with van der Waals surface area (Å²) in [5.74, 6) is -1.55. The van der Waals surface area contributed by atoms with Crippen LogP contribution >= 0.6 is 0 Å². The van der Waals surface area contributed by atoms with Crippen LogP contribution in [0.5, 0.6) is 0 Å². The monoisotopic (exact) mass is 542 g/mol. The molecule has 1 fully saturated rings. The molecule has 0 bridgehead atoms. The third-order valence-electron chi connectivity index (χ3n) is 8.09. The number of rotatable bonds is 11. The van der Waals surface area contributed by atoms with Crippen LogP contribution in [0.15, 0.2) is 78.9 Å². The zero-order valence-electron chi connectivity index (χ0n) is 22.5. The maximum absolute atomic E-state index is 13.3. The van der Waals surface area contributed by atoms with E-state index in [1.165, 1.54) is 0 Å². The number of alkyl carbamates (subject to hydrolysis) is 1. The summed E-state index contributed by atoms with van der Waals surface area (Å²) >= 11 is 0. The van der Waals surface area contributed by atoms with Gasteiger partial charge in [-0.3, -0.25) is 9.59 Å². The van der Waals surface area contributed by atoms with E-state index in [4.69, 9.17) is 9.47 Å². The molecule has 3 aromatic rings. The molecule has 2 aliphatic carbocycles. The van der Waals surface area contributed by atoms with Crippen molar-refractivity contribution < 1.29 is 29.0 Å². The van der Waals surface area contributed by atoms with E-state index < -0.39 is 35.5 Å². The summed E-state index contributed by atoms with van der Waals surface area (Å²) < 4.78 is 11.6. The Morgan fingerprint density at radius 3 is 2.10 bits per heavy atom. The number of amides is 2. The van der Waals surface area contributed by atoms with Gasteiger partial charge in [-0.25, -0.2) is 4.79 Å². The average Bonchev–Trinajstić information content (AvgIpc) is 3.27. The lowest BCUT2D eigenvalue weighted by molar-refractivity contribution is -0.154. The summed E-state index contributed by atoms with van der Waals surface area (Å²) in [5.41, 5.74) is 4.38. The highest BCUT2D eigenvalue weighted by Crippen LogP contribution is 2.44. The van der Waals surface area contributed by atoms with E-state index in [0.29, 0.717) is 12.8 Å². The van der Waals surface area contributed by atoms with Gasteiger partial charge in [-0.1, -0.05) is 85.3 Å². The van der Waals surface area contributed by atoms with Crippen LogP contribution in [-0.2, 0) is 25.7 Å². The summed E-state index contributed by atoms with van der Waals surface area (Å²) in [6, 6.07) is 24.6. The molecule has 3 aromatic carbocycles. The fourth-order valence-electron chi connectivity index (χ4n) is 5.50. The molecule has 1 saturated carbocycles. The zero-order valence-corrected chi connectivity index (χ0v) is 22.5. The standard InChI is InChI=1S/C32H34N2O6/c1-21(39-18-22-10-3-2-4-11-22)28(29(35)33-20-32(30(36)37)16-9-17-32)34-31(38)40-19-27-25-14-7-5-12-23(25)24-13-6-8-15-26(24)27/h2-8,10-15,21,27-28H,9,16-20H2,1H3,(H,33,35)(H,34,38)(H,36,37)/t21-,28+/m0/s1. The lowest BCUT2D eigenvalue weighted by Gasteiger charge is -2.38. The number of fused-ring (bicyclic) bond motifs is 3. The Labute approximate surface area is 233 Å². The quantitative estimate of drug-likeness (QED) is 0.319. The number of ether oxygens (including phenoxy) is 2. The van der Waals surface area contributed by atoms with Crippen LogP contribution in [0.3, 0.4) is 0 Å². The molecule has 2 atom stereocenters. The van der Waals surface area contributed by atoms with Gasteiger partial charge >= 0.3 is 12.1 Å². The minimum absolute atomic E-state index is 0.00452. The molecule has 0 saturated heterocycles. The fourth-order valence-corrected chi connectivity index (χ4v) is 5.50. The lowest BCUT2D eigenvalue weighted by Crippen LogP contribution is -2.56. The van der Waals surface area contributed by atoms with Gasteiger partial charge in [0.25, 0.3) is 0 Å². The second kappa shape index (κ2) is 11.9. The van der Waals surface area contributed by atoms with Crippen molar-refractivity contribution >= 4 is 18.0 Å². The van der Waals surface area contributed by atoms with Gasteiger partial charge in [-0.2, -0.15) is 0 Å². The van der Waals surface area contributed by atoms with Crippen LogP contribution in [-0.4, -0.2) is 48.4 Å². The van der Waals surface area contributed by atoms with Gasteiger partial charge in [-0.15, -0.1) is 0 Å². The highest BCUT2D eigenvalue weighted by Gasteiger charge is 2.45. The molecule has 2 amide bonds. The lowest BCUT2D eigenvalue weighted by atomic mass is 9.69. The topological polar surface area (TPSA) is 114 Å². The van der Waals surface area contributed by atoms with E-state index >= 15 is 0 Å². The van der Waals surface area contributed by atoms with Crippen molar-refractivity contribution in [2.24, 2.45) is 5.41 Å². The number of carbonyl (C=O) groups is 3. The van der Waals surface area contributed by atoms with Gasteiger partial charge in [0.05, 0.1) is 18.1 Å². The average molecular weight is 543 g/mol. The molecule has 40 heavy (non-hydrogen) atoms. The summed E-state index contributed by atoms with van der Waals surface area (Å²) in [5, 5.41) is 15.1. The first-order chi connectivity index (χ1) is 19.4. The second-order valence-corrected chi connectivity index (χ2v) is 10.6. The van der Waals surface area contributed by atoms with Gasteiger partial charge < -0.3 is 25.2 Å². The zero-order chi connectivity index (χ0) is 28.1. The van der Waals surface area contributed by atoms with E-state index in [-0.39, 0.29) is 25.7 Å². The van der Waals surface area contributed by atoms with Crippen molar-refractivity contribution in [1.29, 1.82) is 0 Å². The van der Waals surface area contributed by atoms with E-state index in [0.717, 1.165) is 34.2 Å². The van der Waals surface area contributed by atoms with Gasteiger partial charge in [0.15, 0.2) is 0 Å². The highest BCUT2D eigenvalue weighted by atomic mass is 16.5. The third kappa shape index (κ3) is 5.72. The largest absolute Gasteiger partial charge is 0.481 e. The summed E-state index contributed by atoms with van der Waals surface area (Å²) in [4.78, 5) is 38.1. The molecule has 3 N–H and O–H groups in total. The summed E-state index contributed by atoms with van der Waals surface area (Å²) in [6.07, 6.45) is 0.372. The molecule has 0 heterocycles. The van der Waals surface area contributed by atoms with Crippen LogP contribution in [0.2, 0.25) is 0 Å². The Hall–Kier alpha value is -4.17. The predicted octanol–water partition coefficient (Wildman–Crippen LogP) is 4.87. The number of carbonyl (C=O) groups excluding carboxylic acids is 2. The van der Waals surface area contributed by atoms with E-state index in [9.17, 15) is 19.5 Å². The third-order valence-corrected chi connectivity index (χ3v) is 8.09.